The van der Waals surface area contributed by atoms with Gasteiger partial charge in [-0.2, -0.15) is 0 Å². The van der Waals surface area contributed by atoms with E-state index in [2.05, 4.69) is 10.0 Å². The largest absolute Gasteiger partial charge is 0.359 e. The number of rotatable bonds is 6. The molecule has 0 aliphatic rings. The highest BCUT2D eigenvalue weighted by molar-refractivity contribution is 7.89. The van der Waals surface area contributed by atoms with Crippen LogP contribution in [0.3, 0.4) is 0 Å². The van der Waals surface area contributed by atoms with Gasteiger partial charge in [-0.05, 0) is 24.6 Å². The first kappa shape index (κ1) is 17.2. The zero-order chi connectivity index (χ0) is 16.9. The van der Waals surface area contributed by atoms with Gasteiger partial charge in [-0.1, -0.05) is 48.0 Å². The van der Waals surface area contributed by atoms with Crippen LogP contribution in [0.25, 0.3) is 0 Å². The molecule has 0 fully saturated rings. The second kappa shape index (κ2) is 7.39. The van der Waals surface area contributed by atoms with Gasteiger partial charge in [0.25, 0.3) is 0 Å². The summed E-state index contributed by atoms with van der Waals surface area (Å²) in [7, 11) is -2.18. The third-order valence-electron chi connectivity index (χ3n) is 3.50. The van der Waals surface area contributed by atoms with Crippen molar-refractivity contribution in [2.75, 3.05) is 7.05 Å². The van der Waals surface area contributed by atoms with Gasteiger partial charge in [-0.25, -0.2) is 13.1 Å². The van der Waals surface area contributed by atoms with Crippen molar-refractivity contribution in [1.29, 1.82) is 0 Å². The van der Waals surface area contributed by atoms with Gasteiger partial charge in [0.1, 0.15) is 0 Å². The van der Waals surface area contributed by atoms with E-state index in [1.807, 2.05) is 25.1 Å². The Kier molecular flexibility index (Phi) is 5.52. The topological polar surface area (TPSA) is 75.3 Å². The van der Waals surface area contributed by atoms with Gasteiger partial charge >= 0.3 is 0 Å². The van der Waals surface area contributed by atoms with Crippen LogP contribution >= 0.6 is 0 Å². The van der Waals surface area contributed by atoms with Crippen LogP contribution in [-0.2, 0) is 14.8 Å². The maximum absolute atomic E-state index is 12.6. The Balaban J connectivity index is 2.29. The molecule has 0 aliphatic heterocycles. The fourth-order valence-corrected chi connectivity index (χ4v) is 3.40. The van der Waals surface area contributed by atoms with E-state index < -0.39 is 16.1 Å². The number of nitrogens with one attached hydrogen (secondary N) is 2. The lowest BCUT2D eigenvalue weighted by Gasteiger charge is -2.18. The minimum Gasteiger partial charge on any atom is -0.359 e. The average molecular weight is 332 g/mol. The standard InChI is InChI=1S/C17H20N2O3S/c1-13-8-10-15(11-9-13)23(21,22)19-16(12-17(20)18-2)14-6-4-3-5-7-14/h3-11,16,19H,12H2,1-2H3,(H,18,20)/t16-/m0/s1. The molecular weight excluding hydrogens is 312 g/mol. The third-order valence-corrected chi connectivity index (χ3v) is 4.99. The molecule has 0 saturated heterocycles. The zero-order valence-corrected chi connectivity index (χ0v) is 13.9. The van der Waals surface area contributed by atoms with Gasteiger partial charge in [0.2, 0.25) is 15.9 Å². The molecule has 2 rings (SSSR count). The summed E-state index contributed by atoms with van der Waals surface area (Å²) in [6, 6.07) is 15.0. The van der Waals surface area contributed by atoms with Crippen molar-refractivity contribution in [3.63, 3.8) is 0 Å². The lowest BCUT2D eigenvalue weighted by atomic mass is 10.0. The number of sulfonamides is 1. The maximum atomic E-state index is 12.6. The fraction of sp³-hybridized carbons (Fsp3) is 0.235. The maximum Gasteiger partial charge on any atom is 0.241 e. The fourth-order valence-electron chi connectivity index (χ4n) is 2.17. The van der Waals surface area contributed by atoms with Gasteiger partial charge in [0.05, 0.1) is 10.9 Å². The molecule has 0 radical (unpaired) electrons. The van der Waals surface area contributed by atoms with Crippen molar-refractivity contribution in [2.24, 2.45) is 0 Å². The molecule has 5 nitrogen and oxygen atoms in total. The number of carbonyl (C=O) groups excluding carboxylic acids is 1. The highest BCUT2D eigenvalue weighted by Crippen LogP contribution is 2.20. The highest BCUT2D eigenvalue weighted by atomic mass is 32.2. The summed E-state index contributed by atoms with van der Waals surface area (Å²) in [5, 5.41) is 2.52. The molecule has 6 heteroatoms. The van der Waals surface area contributed by atoms with Crippen molar-refractivity contribution < 1.29 is 13.2 Å². The quantitative estimate of drug-likeness (QED) is 0.851. The Morgan fingerprint density at radius 2 is 1.65 bits per heavy atom. The second-order valence-corrected chi connectivity index (χ2v) is 6.99. The number of hydrogen-bond donors (Lipinski definition) is 2. The molecule has 2 N–H and O–H groups in total. The average Bonchev–Trinajstić information content (AvgIpc) is 2.55. The molecule has 23 heavy (non-hydrogen) atoms. The molecule has 0 bridgehead atoms. The van der Waals surface area contributed by atoms with Crippen LogP contribution in [0.15, 0.2) is 59.5 Å². The number of amides is 1. The summed E-state index contributed by atoms with van der Waals surface area (Å²) >= 11 is 0. The smallest absolute Gasteiger partial charge is 0.241 e. The Morgan fingerprint density at radius 1 is 1.04 bits per heavy atom. The third kappa shape index (κ3) is 4.64. The van der Waals surface area contributed by atoms with E-state index in [9.17, 15) is 13.2 Å². The SMILES string of the molecule is CNC(=O)C[C@H](NS(=O)(=O)c1ccc(C)cc1)c1ccccc1. The number of carbonyl (C=O) groups is 1. The van der Waals surface area contributed by atoms with Gasteiger partial charge in [0, 0.05) is 13.5 Å². The molecule has 0 aromatic heterocycles. The summed E-state index contributed by atoms with van der Waals surface area (Å²) in [6.07, 6.45) is 0.0333. The first-order chi connectivity index (χ1) is 10.9. The van der Waals surface area contributed by atoms with E-state index in [4.69, 9.17) is 0 Å². The molecule has 0 saturated carbocycles. The van der Waals surface area contributed by atoms with E-state index >= 15 is 0 Å². The van der Waals surface area contributed by atoms with E-state index in [1.165, 1.54) is 7.05 Å². The van der Waals surface area contributed by atoms with E-state index in [0.717, 1.165) is 11.1 Å². The Hall–Kier alpha value is -2.18. The molecular formula is C17H20N2O3S. The van der Waals surface area contributed by atoms with E-state index in [1.54, 1.807) is 36.4 Å². The molecule has 1 amide bonds. The monoisotopic (exact) mass is 332 g/mol. The van der Waals surface area contributed by atoms with Gasteiger partial charge in [-0.3, -0.25) is 4.79 Å². The number of benzene rings is 2. The van der Waals surface area contributed by atoms with E-state index in [-0.39, 0.29) is 17.2 Å². The first-order valence-corrected chi connectivity index (χ1v) is 8.75. The molecule has 2 aromatic carbocycles. The van der Waals surface area contributed by atoms with Crippen LogP contribution < -0.4 is 10.0 Å². The van der Waals surface area contributed by atoms with Gasteiger partial charge in [-0.15, -0.1) is 0 Å². The highest BCUT2D eigenvalue weighted by Gasteiger charge is 2.23. The molecule has 0 unspecified atom stereocenters. The lowest BCUT2D eigenvalue weighted by Crippen LogP contribution is -2.32. The minimum absolute atomic E-state index is 0.0333. The van der Waals surface area contributed by atoms with Crippen molar-refractivity contribution in [2.45, 2.75) is 24.3 Å². The van der Waals surface area contributed by atoms with Crippen molar-refractivity contribution in [3.05, 3.63) is 65.7 Å². The van der Waals surface area contributed by atoms with Crippen LogP contribution in [0, 0.1) is 6.92 Å². The molecule has 0 heterocycles. The molecule has 0 spiro atoms. The van der Waals surface area contributed by atoms with Crippen molar-refractivity contribution in [3.8, 4) is 0 Å². The Morgan fingerprint density at radius 3 is 2.22 bits per heavy atom. The van der Waals surface area contributed by atoms with Crippen LogP contribution in [0.4, 0.5) is 0 Å². The molecule has 1 atom stereocenters. The number of aryl methyl sites for hydroxylation is 1. The van der Waals surface area contributed by atoms with Crippen LogP contribution in [0.2, 0.25) is 0 Å². The van der Waals surface area contributed by atoms with Crippen LogP contribution in [0.1, 0.15) is 23.6 Å². The van der Waals surface area contributed by atoms with E-state index in [0.29, 0.717) is 0 Å². The predicted molar refractivity (Wildman–Crippen MR) is 89.4 cm³/mol. The predicted octanol–water partition coefficient (Wildman–Crippen LogP) is 2.15. The molecule has 0 aliphatic carbocycles. The Labute approximate surface area is 136 Å². The minimum atomic E-state index is -3.71. The van der Waals surface area contributed by atoms with Gasteiger partial charge in [0.15, 0.2) is 0 Å². The van der Waals surface area contributed by atoms with Crippen LogP contribution in [-0.4, -0.2) is 21.4 Å². The van der Waals surface area contributed by atoms with Crippen molar-refractivity contribution in [1.82, 2.24) is 10.0 Å². The summed E-state index contributed by atoms with van der Waals surface area (Å²) in [5.41, 5.74) is 1.72. The number of hydrogen-bond acceptors (Lipinski definition) is 3. The van der Waals surface area contributed by atoms with Crippen LogP contribution in [0.5, 0.6) is 0 Å². The summed E-state index contributed by atoms with van der Waals surface area (Å²) in [6.45, 7) is 1.89. The van der Waals surface area contributed by atoms with Crippen molar-refractivity contribution >= 4 is 15.9 Å². The summed E-state index contributed by atoms with van der Waals surface area (Å²) in [4.78, 5) is 11.9. The summed E-state index contributed by atoms with van der Waals surface area (Å²) < 4.78 is 27.7. The molecule has 2 aromatic rings. The molecule has 122 valence electrons. The lowest BCUT2D eigenvalue weighted by molar-refractivity contribution is -0.121. The normalized spacial score (nSPS) is 12.6. The summed E-state index contributed by atoms with van der Waals surface area (Å²) in [5.74, 6) is -0.231. The first-order valence-electron chi connectivity index (χ1n) is 7.27. The zero-order valence-electron chi connectivity index (χ0n) is 13.1. The van der Waals surface area contributed by atoms with Gasteiger partial charge < -0.3 is 5.32 Å². The Bertz CT molecular complexity index is 756. The second-order valence-electron chi connectivity index (χ2n) is 5.27.